The van der Waals surface area contributed by atoms with E-state index in [-0.39, 0.29) is 0 Å². The van der Waals surface area contributed by atoms with Crippen molar-refractivity contribution >= 4 is 55.7 Å². The summed E-state index contributed by atoms with van der Waals surface area (Å²) in [6.07, 6.45) is 3.26. The second-order valence-electron chi connectivity index (χ2n) is 8.05. The van der Waals surface area contributed by atoms with Crippen LogP contribution in [0.4, 0.5) is 11.4 Å². The molecule has 0 atom stereocenters. The molecular weight excluding hydrogens is 390 g/mol. The quantitative estimate of drug-likeness (QED) is 0.339. The summed E-state index contributed by atoms with van der Waals surface area (Å²) < 4.78 is 2.38. The van der Waals surface area contributed by atoms with Crippen molar-refractivity contribution in [3.8, 4) is 0 Å². The van der Waals surface area contributed by atoms with E-state index in [9.17, 15) is 0 Å². The number of pyridine rings is 1. The Balaban J connectivity index is 1.56. The largest absolute Gasteiger partial charge is 0.355 e. The molecule has 0 saturated heterocycles. The van der Waals surface area contributed by atoms with Crippen LogP contribution < -0.4 is 5.32 Å². The molecule has 5 aromatic rings. The molecule has 0 radical (unpaired) electrons. The van der Waals surface area contributed by atoms with Gasteiger partial charge in [0, 0.05) is 50.1 Å². The lowest BCUT2D eigenvalue weighted by molar-refractivity contribution is 0.827. The monoisotopic (exact) mass is 411 g/mol. The van der Waals surface area contributed by atoms with Gasteiger partial charge in [0.2, 0.25) is 0 Å². The van der Waals surface area contributed by atoms with Crippen molar-refractivity contribution in [3.63, 3.8) is 0 Å². The maximum Gasteiger partial charge on any atom is 0.0727 e. The third-order valence-corrected chi connectivity index (χ3v) is 6.57. The number of rotatable bonds is 3. The molecule has 30 heavy (non-hydrogen) atoms. The van der Waals surface area contributed by atoms with Crippen LogP contribution in [0.3, 0.4) is 0 Å². The molecule has 0 spiro atoms. The number of halogens is 1. The Bertz CT molecular complexity index is 1450. The highest BCUT2D eigenvalue weighted by Crippen LogP contribution is 2.38. The fraction of sp³-hybridized carbons (Fsp3) is 0.192. The Hall–Kier alpha value is -3.04. The van der Waals surface area contributed by atoms with Crippen LogP contribution in [0, 0.1) is 0 Å². The molecule has 0 saturated carbocycles. The van der Waals surface area contributed by atoms with Crippen LogP contribution >= 0.6 is 11.6 Å². The van der Waals surface area contributed by atoms with Gasteiger partial charge in [-0.05, 0) is 74.2 Å². The van der Waals surface area contributed by atoms with E-state index in [0.717, 1.165) is 53.1 Å². The van der Waals surface area contributed by atoms with Crippen molar-refractivity contribution in [1.82, 2.24) is 9.55 Å². The highest BCUT2D eigenvalue weighted by molar-refractivity contribution is 6.31. The number of nitrogens with one attached hydrogen (secondary N) is 1. The molecule has 3 aromatic carbocycles. The first-order valence-electron chi connectivity index (χ1n) is 10.6. The Morgan fingerprint density at radius 2 is 1.80 bits per heavy atom. The molecule has 2 aromatic heterocycles. The van der Waals surface area contributed by atoms with Gasteiger partial charge in [0.1, 0.15) is 0 Å². The molecule has 0 amide bonds. The summed E-state index contributed by atoms with van der Waals surface area (Å²) in [5.41, 5.74) is 8.38. The Morgan fingerprint density at radius 1 is 0.933 bits per heavy atom. The first-order chi connectivity index (χ1) is 14.7. The van der Waals surface area contributed by atoms with Gasteiger partial charge in [0.05, 0.1) is 11.2 Å². The topological polar surface area (TPSA) is 29.9 Å². The van der Waals surface area contributed by atoms with E-state index in [2.05, 4.69) is 59.3 Å². The van der Waals surface area contributed by atoms with Crippen molar-refractivity contribution in [2.75, 3.05) is 5.32 Å². The second kappa shape index (κ2) is 6.75. The zero-order valence-electron chi connectivity index (χ0n) is 16.9. The first kappa shape index (κ1) is 17.8. The van der Waals surface area contributed by atoms with E-state index in [1.165, 1.54) is 33.1 Å². The Morgan fingerprint density at radius 3 is 2.70 bits per heavy atom. The standard InChI is InChI=1S/C26H22ClN3/c1-2-30-24-9-4-3-6-18(24)20-15-17(11-13-25(20)30)28-26-19-7-5-8-22(19)29-23-12-10-16(27)14-21(23)26/h3-4,6,9-15H,2,5,7-8H2,1H3,(H,28,29). The fourth-order valence-electron chi connectivity index (χ4n) is 4.99. The molecule has 0 unspecified atom stereocenters. The Kier molecular flexibility index (Phi) is 4.00. The van der Waals surface area contributed by atoms with Crippen molar-refractivity contribution in [3.05, 3.63) is 76.9 Å². The van der Waals surface area contributed by atoms with Gasteiger partial charge < -0.3 is 9.88 Å². The van der Waals surface area contributed by atoms with E-state index in [1.807, 2.05) is 18.2 Å². The summed E-state index contributed by atoms with van der Waals surface area (Å²) in [6, 6.07) is 21.3. The number of para-hydroxylation sites is 1. The van der Waals surface area contributed by atoms with Crippen LogP contribution in [0.1, 0.15) is 24.6 Å². The number of benzene rings is 3. The van der Waals surface area contributed by atoms with E-state index in [1.54, 1.807) is 0 Å². The van der Waals surface area contributed by atoms with E-state index in [4.69, 9.17) is 16.6 Å². The maximum absolute atomic E-state index is 6.35. The molecule has 1 N–H and O–H groups in total. The fourth-order valence-corrected chi connectivity index (χ4v) is 5.17. The minimum absolute atomic E-state index is 0.742. The molecule has 4 heteroatoms. The predicted molar refractivity (Wildman–Crippen MR) is 127 cm³/mol. The summed E-state index contributed by atoms with van der Waals surface area (Å²) in [7, 11) is 0. The minimum Gasteiger partial charge on any atom is -0.355 e. The number of hydrogen-bond donors (Lipinski definition) is 1. The number of fused-ring (bicyclic) bond motifs is 5. The number of anilines is 2. The lowest BCUT2D eigenvalue weighted by Crippen LogP contribution is -2.00. The molecule has 0 bridgehead atoms. The molecular formula is C26H22ClN3. The van der Waals surface area contributed by atoms with Gasteiger partial charge in [-0.25, -0.2) is 0 Å². The SMILES string of the molecule is CCn1c2ccccc2c2cc(Nc3c4c(nc5ccc(Cl)cc35)CCC4)ccc21. The lowest BCUT2D eigenvalue weighted by atomic mass is 10.1. The third kappa shape index (κ3) is 2.62. The molecule has 0 aliphatic heterocycles. The average Bonchev–Trinajstić information content (AvgIpc) is 3.36. The van der Waals surface area contributed by atoms with Crippen molar-refractivity contribution in [1.29, 1.82) is 0 Å². The van der Waals surface area contributed by atoms with Crippen molar-refractivity contribution in [2.24, 2.45) is 0 Å². The van der Waals surface area contributed by atoms with Gasteiger partial charge >= 0.3 is 0 Å². The molecule has 6 rings (SSSR count). The first-order valence-corrected chi connectivity index (χ1v) is 11.0. The average molecular weight is 412 g/mol. The third-order valence-electron chi connectivity index (χ3n) is 6.33. The van der Waals surface area contributed by atoms with E-state index in [0.29, 0.717) is 0 Å². The van der Waals surface area contributed by atoms with E-state index >= 15 is 0 Å². The van der Waals surface area contributed by atoms with Crippen molar-refractivity contribution in [2.45, 2.75) is 32.7 Å². The lowest BCUT2D eigenvalue weighted by Gasteiger charge is -2.15. The maximum atomic E-state index is 6.35. The zero-order valence-corrected chi connectivity index (χ0v) is 17.6. The normalized spacial score (nSPS) is 13.4. The van der Waals surface area contributed by atoms with Gasteiger partial charge in [0.25, 0.3) is 0 Å². The van der Waals surface area contributed by atoms with Crippen LogP contribution in [0.15, 0.2) is 60.7 Å². The summed E-state index contributed by atoms with van der Waals surface area (Å²) in [5, 5.41) is 8.17. The molecule has 3 nitrogen and oxygen atoms in total. The molecule has 0 fully saturated rings. The van der Waals surface area contributed by atoms with Gasteiger partial charge in [-0.15, -0.1) is 0 Å². The predicted octanol–water partition coefficient (Wildman–Crippen LogP) is 7.25. The zero-order chi connectivity index (χ0) is 20.2. The molecule has 2 heterocycles. The van der Waals surface area contributed by atoms with Crippen LogP contribution in [-0.2, 0) is 19.4 Å². The highest BCUT2D eigenvalue weighted by Gasteiger charge is 2.20. The summed E-state index contributed by atoms with van der Waals surface area (Å²) >= 11 is 6.35. The highest BCUT2D eigenvalue weighted by atomic mass is 35.5. The van der Waals surface area contributed by atoms with Gasteiger partial charge in [-0.3, -0.25) is 4.98 Å². The van der Waals surface area contributed by atoms with Crippen LogP contribution in [0.2, 0.25) is 5.02 Å². The second-order valence-corrected chi connectivity index (χ2v) is 8.48. The number of aryl methyl sites for hydroxylation is 2. The molecule has 1 aliphatic carbocycles. The van der Waals surface area contributed by atoms with Crippen LogP contribution in [-0.4, -0.2) is 9.55 Å². The molecule has 148 valence electrons. The summed E-state index contributed by atoms with van der Waals surface area (Å²) in [4.78, 5) is 4.90. The number of nitrogens with zero attached hydrogens (tertiary/aromatic N) is 2. The minimum atomic E-state index is 0.742. The number of aromatic nitrogens is 2. The van der Waals surface area contributed by atoms with Crippen LogP contribution in [0.25, 0.3) is 32.7 Å². The summed E-state index contributed by atoms with van der Waals surface area (Å²) in [5.74, 6) is 0. The van der Waals surface area contributed by atoms with Crippen molar-refractivity contribution < 1.29 is 0 Å². The van der Waals surface area contributed by atoms with Crippen LogP contribution in [0.5, 0.6) is 0 Å². The number of hydrogen-bond acceptors (Lipinski definition) is 2. The molecule has 1 aliphatic rings. The Labute approximate surface area is 180 Å². The van der Waals surface area contributed by atoms with Gasteiger partial charge in [-0.1, -0.05) is 29.8 Å². The van der Waals surface area contributed by atoms with Gasteiger partial charge in [-0.2, -0.15) is 0 Å². The van der Waals surface area contributed by atoms with E-state index < -0.39 is 0 Å². The van der Waals surface area contributed by atoms with Gasteiger partial charge in [0.15, 0.2) is 0 Å². The summed E-state index contributed by atoms with van der Waals surface area (Å²) in [6.45, 7) is 3.16. The smallest absolute Gasteiger partial charge is 0.0727 e.